The normalized spacial score (nSPS) is 12.1. The van der Waals surface area contributed by atoms with Gasteiger partial charge in [0.05, 0.1) is 26.8 Å². The topological polar surface area (TPSA) is 90.1 Å². The molecule has 1 amide bonds. The van der Waals surface area contributed by atoms with E-state index in [1.807, 2.05) is 5.32 Å². The first-order valence-electron chi connectivity index (χ1n) is 9.92. The fourth-order valence-corrected chi connectivity index (χ4v) is 3.97. The van der Waals surface area contributed by atoms with Gasteiger partial charge in [-0.3, -0.25) is 19.6 Å². The van der Waals surface area contributed by atoms with Crippen molar-refractivity contribution in [3.8, 4) is 11.1 Å². The standard InChI is InChI=1S/C22H18ClF5N4O3/c1-21(2,3)19-16(23)18(31(4)30-19)20(33)29-17-11(22(26,27)28)8-10(9-14(17)32(34)35)15-12(24)6-5-7-13(15)25/h5-9H,1-4H3,(H,29,33). The smallest absolute Gasteiger partial charge is 0.314 e. The molecule has 1 aromatic heterocycles. The number of aromatic nitrogens is 2. The lowest BCUT2D eigenvalue weighted by Crippen LogP contribution is -2.21. The molecule has 13 heteroatoms. The van der Waals surface area contributed by atoms with Crippen molar-refractivity contribution >= 4 is 28.9 Å². The molecular formula is C22H18ClF5N4O3. The fourth-order valence-electron chi connectivity index (χ4n) is 3.44. The Kier molecular flexibility index (Phi) is 6.64. The Balaban J connectivity index is 2.24. The maximum Gasteiger partial charge on any atom is 0.418 e. The average molecular weight is 517 g/mol. The zero-order chi connectivity index (χ0) is 26.5. The van der Waals surface area contributed by atoms with Crippen LogP contribution in [0.25, 0.3) is 11.1 Å². The molecular weight excluding hydrogens is 499 g/mol. The van der Waals surface area contributed by atoms with Crippen molar-refractivity contribution in [1.82, 2.24) is 9.78 Å². The second kappa shape index (κ2) is 8.91. The maximum absolute atomic E-state index is 14.2. The van der Waals surface area contributed by atoms with Crippen LogP contribution in [0.5, 0.6) is 0 Å². The zero-order valence-electron chi connectivity index (χ0n) is 18.7. The van der Waals surface area contributed by atoms with Crippen molar-refractivity contribution in [2.45, 2.75) is 32.4 Å². The van der Waals surface area contributed by atoms with Gasteiger partial charge in [0.2, 0.25) is 0 Å². The van der Waals surface area contributed by atoms with Gasteiger partial charge in [-0.2, -0.15) is 18.3 Å². The molecule has 0 atom stereocenters. The summed E-state index contributed by atoms with van der Waals surface area (Å²) in [5.41, 5.74) is -6.39. The van der Waals surface area contributed by atoms with Crippen LogP contribution in [0.2, 0.25) is 5.02 Å². The Labute approximate surface area is 200 Å². The third-order valence-corrected chi connectivity index (χ3v) is 5.38. The average Bonchev–Trinajstić information content (AvgIpc) is 3.02. The molecule has 0 aliphatic carbocycles. The molecule has 3 rings (SSSR count). The number of anilines is 1. The predicted molar refractivity (Wildman–Crippen MR) is 118 cm³/mol. The minimum absolute atomic E-state index is 0.140. The summed E-state index contributed by atoms with van der Waals surface area (Å²) in [7, 11) is 1.33. The lowest BCUT2D eigenvalue weighted by Gasteiger charge is -2.17. The van der Waals surface area contributed by atoms with Crippen molar-refractivity contribution < 1.29 is 31.7 Å². The summed E-state index contributed by atoms with van der Waals surface area (Å²) in [5.74, 6) is -3.64. The highest BCUT2D eigenvalue weighted by molar-refractivity contribution is 6.35. The van der Waals surface area contributed by atoms with Gasteiger partial charge in [0.25, 0.3) is 11.6 Å². The van der Waals surface area contributed by atoms with Gasteiger partial charge in [-0.15, -0.1) is 0 Å². The van der Waals surface area contributed by atoms with E-state index < -0.39 is 62.1 Å². The number of carbonyl (C=O) groups excluding carboxylic acids is 1. The number of halogens is 6. The van der Waals surface area contributed by atoms with E-state index in [0.29, 0.717) is 12.1 Å². The van der Waals surface area contributed by atoms with Crippen molar-refractivity contribution in [1.29, 1.82) is 0 Å². The lowest BCUT2D eigenvalue weighted by molar-refractivity contribution is -0.384. The number of carbonyl (C=O) groups is 1. The Morgan fingerprint density at radius 1 is 1.14 bits per heavy atom. The Morgan fingerprint density at radius 3 is 2.17 bits per heavy atom. The molecule has 186 valence electrons. The SMILES string of the molecule is Cn1nc(C(C)(C)C)c(Cl)c1C(=O)Nc1c([N+](=O)[O-])cc(-c2c(F)cccc2F)cc1C(F)(F)F. The minimum atomic E-state index is -5.24. The highest BCUT2D eigenvalue weighted by Gasteiger charge is 2.40. The van der Waals surface area contributed by atoms with Crippen LogP contribution in [0, 0.1) is 21.7 Å². The second-order valence-electron chi connectivity index (χ2n) is 8.61. The molecule has 0 radical (unpaired) electrons. The van der Waals surface area contributed by atoms with Crippen LogP contribution < -0.4 is 5.32 Å². The van der Waals surface area contributed by atoms with Gasteiger partial charge < -0.3 is 5.32 Å². The summed E-state index contributed by atoms with van der Waals surface area (Å²) < 4.78 is 71.4. The van der Waals surface area contributed by atoms with Crippen molar-refractivity contribution in [2.75, 3.05) is 5.32 Å². The summed E-state index contributed by atoms with van der Waals surface area (Å²) >= 11 is 6.26. The van der Waals surface area contributed by atoms with Crippen LogP contribution in [-0.2, 0) is 18.6 Å². The number of alkyl halides is 3. The third-order valence-electron chi connectivity index (χ3n) is 5.02. The van der Waals surface area contributed by atoms with E-state index in [1.54, 1.807) is 20.8 Å². The van der Waals surface area contributed by atoms with Crippen LogP contribution in [0.3, 0.4) is 0 Å². The van der Waals surface area contributed by atoms with Gasteiger partial charge in [-0.25, -0.2) is 8.78 Å². The number of benzene rings is 2. The van der Waals surface area contributed by atoms with Gasteiger partial charge >= 0.3 is 6.18 Å². The highest BCUT2D eigenvalue weighted by atomic mass is 35.5. The molecule has 2 aromatic carbocycles. The molecule has 0 saturated carbocycles. The summed E-state index contributed by atoms with van der Waals surface area (Å²) in [6, 6.07) is 3.47. The number of nitrogens with one attached hydrogen (secondary N) is 1. The van der Waals surface area contributed by atoms with Gasteiger partial charge in [0, 0.05) is 18.5 Å². The van der Waals surface area contributed by atoms with Gasteiger partial charge in [-0.05, 0) is 23.8 Å². The number of amides is 1. The molecule has 0 saturated heterocycles. The third kappa shape index (κ3) is 4.97. The van der Waals surface area contributed by atoms with Crippen molar-refractivity contribution in [2.24, 2.45) is 7.05 Å². The van der Waals surface area contributed by atoms with Crippen LogP contribution >= 0.6 is 11.6 Å². The number of hydrogen-bond donors (Lipinski definition) is 1. The van der Waals surface area contributed by atoms with Crippen LogP contribution in [0.1, 0.15) is 42.5 Å². The maximum atomic E-state index is 14.2. The first-order chi connectivity index (χ1) is 16.0. The molecule has 0 spiro atoms. The first-order valence-corrected chi connectivity index (χ1v) is 10.3. The largest absolute Gasteiger partial charge is 0.418 e. The number of nitro groups is 1. The van der Waals surface area contributed by atoms with Gasteiger partial charge in [0.15, 0.2) is 0 Å². The summed E-state index contributed by atoms with van der Waals surface area (Å²) in [5, 5.41) is 17.6. The monoisotopic (exact) mass is 516 g/mol. The van der Waals surface area contributed by atoms with E-state index in [9.17, 15) is 36.9 Å². The van der Waals surface area contributed by atoms with E-state index in [2.05, 4.69) is 5.10 Å². The Bertz CT molecular complexity index is 1330. The highest BCUT2D eigenvalue weighted by Crippen LogP contribution is 2.44. The van der Waals surface area contributed by atoms with Crippen LogP contribution in [0.15, 0.2) is 30.3 Å². The van der Waals surface area contributed by atoms with E-state index in [0.717, 1.165) is 22.9 Å². The lowest BCUT2D eigenvalue weighted by atomic mass is 9.92. The van der Waals surface area contributed by atoms with E-state index >= 15 is 0 Å². The quantitative estimate of drug-likeness (QED) is 0.244. The summed E-state index contributed by atoms with van der Waals surface area (Å²) in [4.78, 5) is 23.4. The molecule has 0 unspecified atom stereocenters. The molecule has 0 aliphatic rings. The van der Waals surface area contributed by atoms with E-state index in [4.69, 9.17) is 11.6 Å². The van der Waals surface area contributed by atoms with E-state index in [1.165, 1.54) is 7.05 Å². The molecule has 0 fully saturated rings. The zero-order valence-corrected chi connectivity index (χ0v) is 19.5. The molecule has 1 N–H and O–H groups in total. The molecule has 0 bridgehead atoms. The minimum Gasteiger partial charge on any atom is -0.314 e. The molecule has 3 aromatic rings. The predicted octanol–water partition coefficient (Wildman–Crippen LogP) is 6.50. The van der Waals surface area contributed by atoms with Gasteiger partial charge in [-0.1, -0.05) is 38.4 Å². The first kappa shape index (κ1) is 26.1. The molecule has 1 heterocycles. The molecule has 7 nitrogen and oxygen atoms in total. The molecule has 35 heavy (non-hydrogen) atoms. The summed E-state index contributed by atoms with van der Waals surface area (Å²) in [6.07, 6.45) is -5.24. The molecule has 0 aliphatic heterocycles. The number of nitrogens with zero attached hydrogens (tertiary/aromatic N) is 3. The fraction of sp³-hybridized carbons (Fsp3) is 0.273. The Morgan fingerprint density at radius 2 is 1.71 bits per heavy atom. The summed E-state index contributed by atoms with van der Waals surface area (Å²) in [6.45, 7) is 5.24. The van der Waals surface area contributed by atoms with E-state index in [-0.39, 0.29) is 16.4 Å². The van der Waals surface area contributed by atoms with Crippen LogP contribution in [-0.4, -0.2) is 20.6 Å². The number of rotatable bonds is 4. The number of nitro benzene ring substituents is 1. The second-order valence-corrected chi connectivity index (χ2v) is 8.99. The number of hydrogen-bond acceptors (Lipinski definition) is 4. The van der Waals surface area contributed by atoms with Crippen molar-refractivity contribution in [3.63, 3.8) is 0 Å². The number of aryl methyl sites for hydroxylation is 1. The van der Waals surface area contributed by atoms with Crippen molar-refractivity contribution in [3.05, 3.63) is 74.1 Å². The van der Waals surface area contributed by atoms with Crippen LogP contribution in [0.4, 0.5) is 33.3 Å². The van der Waals surface area contributed by atoms with Gasteiger partial charge in [0.1, 0.15) is 23.0 Å². The Hall–Kier alpha value is -3.54.